The van der Waals surface area contributed by atoms with E-state index in [1.165, 1.54) is 7.11 Å². The molecular weight excluding hydrogens is 250 g/mol. The maximum atomic E-state index is 11.5. The van der Waals surface area contributed by atoms with Gasteiger partial charge < -0.3 is 19.5 Å². The summed E-state index contributed by atoms with van der Waals surface area (Å²) in [6.07, 6.45) is 0.504. The second kappa shape index (κ2) is 6.08. The van der Waals surface area contributed by atoms with Crippen molar-refractivity contribution in [3.63, 3.8) is 0 Å². The molecule has 6 heteroatoms. The summed E-state index contributed by atoms with van der Waals surface area (Å²) < 4.78 is 15.4. The molecule has 1 heterocycles. The van der Waals surface area contributed by atoms with Gasteiger partial charge >= 0.3 is 5.97 Å². The van der Waals surface area contributed by atoms with E-state index >= 15 is 0 Å². The number of hydrogen-bond donors (Lipinski definition) is 1. The minimum Gasteiger partial charge on any atom is -0.490 e. The third-order valence-electron chi connectivity index (χ3n) is 2.56. The number of benzene rings is 1. The van der Waals surface area contributed by atoms with Gasteiger partial charge in [-0.05, 0) is 12.1 Å². The summed E-state index contributed by atoms with van der Waals surface area (Å²) in [5.41, 5.74) is 0.554. The topological polar surface area (TPSA) is 73.9 Å². The third kappa shape index (κ3) is 3.61. The average Bonchev–Trinajstić information content (AvgIpc) is 2.63. The average molecular weight is 265 g/mol. The summed E-state index contributed by atoms with van der Waals surface area (Å²) in [4.78, 5) is 22.5. The molecule has 19 heavy (non-hydrogen) atoms. The number of carbonyl (C=O) groups is 2. The predicted octanol–water partition coefficient (Wildman–Crippen LogP) is 1.35. The lowest BCUT2D eigenvalue weighted by molar-refractivity contribution is -0.142. The van der Waals surface area contributed by atoms with E-state index in [1.54, 1.807) is 18.2 Å². The fourth-order valence-electron chi connectivity index (χ4n) is 1.65. The molecule has 1 aromatic carbocycles. The minimum atomic E-state index is -0.577. The number of nitrogens with one attached hydrogen (secondary N) is 1. The van der Waals surface area contributed by atoms with Crippen molar-refractivity contribution in [2.45, 2.75) is 12.8 Å². The summed E-state index contributed by atoms with van der Waals surface area (Å²) in [5, 5.41) is 2.60. The molecule has 0 radical (unpaired) electrons. The SMILES string of the molecule is COC(=O)CC(=O)Nc1ccc2c(c1)OCCCO2. The summed E-state index contributed by atoms with van der Waals surface area (Å²) >= 11 is 0. The molecule has 0 atom stereocenters. The smallest absolute Gasteiger partial charge is 0.315 e. The van der Waals surface area contributed by atoms with Crippen molar-refractivity contribution in [1.82, 2.24) is 0 Å². The van der Waals surface area contributed by atoms with Gasteiger partial charge in [0.2, 0.25) is 5.91 Å². The summed E-state index contributed by atoms with van der Waals surface area (Å²) in [6, 6.07) is 5.10. The van der Waals surface area contributed by atoms with E-state index in [1.807, 2.05) is 0 Å². The Hall–Kier alpha value is -2.24. The number of methoxy groups -OCH3 is 1. The zero-order chi connectivity index (χ0) is 13.7. The van der Waals surface area contributed by atoms with Crippen molar-refractivity contribution in [1.29, 1.82) is 0 Å². The van der Waals surface area contributed by atoms with Crippen LogP contribution in [0.25, 0.3) is 0 Å². The van der Waals surface area contributed by atoms with Crippen LogP contribution in [-0.2, 0) is 14.3 Å². The van der Waals surface area contributed by atoms with Gasteiger partial charge in [0.05, 0.1) is 20.3 Å². The van der Waals surface area contributed by atoms with Crippen molar-refractivity contribution >= 4 is 17.6 Å². The van der Waals surface area contributed by atoms with E-state index < -0.39 is 11.9 Å². The van der Waals surface area contributed by atoms with Gasteiger partial charge in [-0.15, -0.1) is 0 Å². The zero-order valence-electron chi connectivity index (χ0n) is 10.6. The van der Waals surface area contributed by atoms with Crippen molar-refractivity contribution in [2.24, 2.45) is 0 Å². The highest BCUT2D eigenvalue weighted by molar-refractivity contribution is 6.01. The Bertz CT molecular complexity index is 486. The maximum absolute atomic E-state index is 11.5. The van der Waals surface area contributed by atoms with E-state index in [4.69, 9.17) is 9.47 Å². The van der Waals surface area contributed by atoms with Gasteiger partial charge in [0.1, 0.15) is 6.42 Å². The van der Waals surface area contributed by atoms with Crippen LogP contribution in [0.4, 0.5) is 5.69 Å². The Kier molecular flexibility index (Phi) is 4.22. The number of anilines is 1. The first-order valence-corrected chi connectivity index (χ1v) is 5.95. The molecule has 0 spiro atoms. The van der Waals surface area contributed by atoms with E-state index in [-0.39, 0.29) is 6.42 Å². The Balaban J connectivity index is 2.03. The molecule has 1 amide bonds. The molecule has 0 aliphatic carbocycles. The van der Waals surface area contributed by atoms with Crippen LogP contribution >= 0.6 is 0 Å². The molecule has 0 saturated carbocycles. The Morgan fingerprint density at radius 3 is 2.74 bits per heavy atom. The molecule has 0 bridgehead atoms. The minimum absolute atomic E-state index is 0.315. The maximum Gasteiger partial charge on any atom is 0.315 e. The van der Waals surface area contributed by atoms with Crippen molar-refractivity contribution < 1.29 is 23.8 Å². The molecule has 0 saturated heterocycles. The number of hydrogen-bond acceptors (Lipinski definition) is 5. The molecule has 6 nitrogen and oxygen atoms in total. The van der Waals surface area contributed by atoms with Gasteiger partial charge in [-0.2, -0.15) is 0 Å². The monoisotopic (exact) mass is 265 g/mol. The van der Waals surface area contributed by atoms with Crippen LogP contribution in [0.1, 0.15) is 12.8 Å². The molecule has 1 N–H and O–H groups in total. The van der Waals surface area contributed by atoms with Crippen LogP contribution in [-0.4, -0.2) is 32.2 Å². The lowest BCUT2D eigenvalue weighted by Crippen LogP contribution is -2.17. The third-order valence-corrected chi connectivity index (χ3v) is 2.56. The van der Waals surface area contributed by atoms with Crippen LogP contribution in [0, 0.1) is 0 Å². The van der Waals surface area contributed by atoms with E-state index in [0.717, 1.165) is 6.42 Å². The summed E-state index contributed by atoms with van der Waals surface area (Å²) in [6.45, 7) is 1.19. The summed E-state index contributed by atoms with van der Waals surface area (Å²) in [5.74, 6) is 0.241. The Morgan fingerprint density at radius 2 is 2.00 bits per heavy atom. The van der Waals surface area contributed by atoms with Gasteiger partial charge in [-0.1, -0.05) is 0 Å². The van der Waals surface area contributed by atoms with E-state index in [2.05, 4.69) is 10.1 Å². The molecule has 0 aromatic heterocycles. The van der Waals surface area contributed by atoms with Crippen LogP contribution in [0.3, 0.4) is 0 Å². The van der Waals surface area contributed by atoms with Crippen molar-refractivity contribution in [3.8, 4) is 11.5 Å². The quantitative estimate of drug-likeness (QED) is 0.659. The second-order valence-corrected chi connectivity index (χ2v) is 4.01. The van der Waals surface area contributed by atoms with Crippen LogP contribution in [0.2, 0.25) is 0 Å². The van der Waals surface area contributed by atoms with Gasteiger partial charge in [0.15, 0.2) is 11.5 Å². The normalized spacial score (nSPS) is 13.3. The first-order valence-electron chi connectivity index (χ1n) is 5.95. The standard InChI is InChI=1S/C13H15NO5/c1-17-13(16)8-12(15)14-9-3-4-10-11(7-9)19-6-2-5-18-10/h3-4,7H,2,5-6,8H2,1H3,(H,14,15). The van der Waals surface area contributed by atoms with E-state index in [0.29, 0.717) is 30.4 Å². The highest BCUT2D eigenvalue weighted by Gasteiger charge is 2.13. The number of esters is 1. The number of ether oxygens (including phenoxy) is 3. The highest BCUT2D eigenvalue weighted by atomic mass is 16.5. The van der Waals surface area contributed by atoms with Crippen LogP contribution in [0.5, 0.6) is 11.5 Å². The van der Waals surface area contributed by atoms with Gasteiger partial charge in [-0.3, -0.25) is 9.59 Å². The lowest BCUT2D eigenvalue weighted by Gasteiger charge is -2.10. The van der Waals surface area contributed by atoms with Gasteiger partial charge in [0, 0.05) is 18.2 Å². The molecule has 2 rings (SSSR count). The largest absolute Gasteiger partial charge is 0.490 e. The van der Waals surface area contributed by atoms with Crippen molar-refractivity contribution in [2.75, 3.05) is 25.6 Å². The molecule has 1 aliphatic heterocycles. The highest BCUT2D eigenvalue weighted by Crippen LogP contribution is 2.32. The number of amides is 1. The molecule has 1 aliphatic rings. The molecule has 1 aromatic rings. The van der Waals surface area contributed by atoms with Gasteiger partial charge in [-0.25, -0.2) is 0 Å². The summed E-state index contributed by atoms with van der Waals surface area (Å²) in [7, 11) is 1.24. The Morgan fingerprint density at radius 1 is 1.26 bits per heavy atom. The van der Waals surface area contributed by atoms with E-state index in [9.17, 15) is 9.59 Å². The van der Waals surface area contributed by atoms with Gasteiger partial charge in [0.25, 0.3) is 0 Å². The fourth-order valence-corrected chi connectivity index (χ4v) is 1.65. The number of rotatable bonds is 3. The first kappa shape index (κ1) is 13.2. The van der Waals surface area contributed by atoms with Crippen LogP contribution in [0.15, 0.2) is 18.2 Å². The molecular formula is C13H15NO5. The molecule has 0 unspecified atom stereocenters. The Labute approximate surface area is 110 Å². The first-order chi connectivity index (χ1) is 9.19. The predicted molar refractivity (Wildman–Crippen MR) is 67.3 cm³/mol. The molecule has 0 fully saturated rings. The van der Waals surface area contributed by atoms with Crippen molar-refractivity contribution in [3.05, 3.63) is 18.2 Å². The van der Waals surface area contributed by atoms with Crippen LogP contribution < -0.4 is 14.8 Å². The number of carbonyl (C=O) groups excluding carboxylic acids is 2. The second-order valence-electron chi connectivity index (χ2n) is 4.01. The fraction of sp³-hybridized carbons (Fsp3) is 0.385. The lowest BCUT2D eigenvalue weighted by atomic mass is 10.2. The molecule has 102 valence electrons. The zero-order valence-corrected chi connectivity index (χ0v) is 10.6. The number of fused-ring (bicyclic) bond motifs is 1.